The van der Waals surface area contributed by atoms with Gasteiger partial charge in [0.1, 0.15) is 13.1 Å². The Morgan fingerprint density at radius 1 is 1.30 bits per heavy atom. The number of thiazole rings is 1. The van der Waals surface area contributed by atoms with Crippen molar-refractivity contribution in [3.8, 4) is 0 Å². The van der Waals surface area contributed by atoms with Gasteiger partial charge in [-0.3, -0.25) is 14.4 Å². The van der Waals surface area contributed by atoms with Crippen LogP contribution in [-0.2, 0) is 20.1 Å². The lowest BCUT2D eigenvalue weighted by Gasteiger charge is -2.17. The van der Waals surface area contributed by atoms with E-state index in [1.54, 1.807) is 0 Å². The maximum Gasteiger partial charge on any atom is 0.323 e. The molecular weight excluding hydrogens is 304 g/mol. The highest BCUT2D eigenvalue weighted by Crippen LogP contribution is 2.15. The zero-order valence-electron chi connectivity index (χ0n) is 10.7. The van der Waals surface area contributed by atoms with Crippen LogP contribution in [0, 0.1) is 6.92 Å². The summed E-state index contributed by atoms with van der Waals surface area (Å²) in [7, 11) is 0. The molecule has 0 saturated carbocycles. The smallest absolute Gasteiger partial charge is 0.323 e. The molecule has 110 valence electrons. The molecule has 1 amide bonds. The number of aromatic nitrogens is 1. The van der Waals surface area contributed by atoms with Gasteiger partial charge in [-0.25, -0.2) is 4.98 Å². The minimum absolute atomic E-state index is 0.0249. The third-order valence-electron chi connectivity index (χ3n) is 2.15. The van der Waals surface area contributed by atoms with Gasteiger partial charge in [-0.2, -0.15) is 0 Å². The van der Waals surface area contributed by atoms with Crippen LogP contribution in [0.4, 0.5) is 0 Å². The lowest BCUT2D eigenvalue weighted by atomic mass is 10.4. The fourth-order valence-corrected chi connectivity index (χ4v) is 2.90. The predicted molar refractivity (Wildman–Crippen MR) is 74.9 cm³/mol. The molecule has 0 aliphatic carbocycles. The Kier molecular flexibility index (Phi) is 6.46. The van der Waals surface area contributed by atoms with Crippen LogP contribution in [0.1, 0.15) is 10.7 Å². The Bertz CT molecular complexity index is 487. The van der Waals surface area contributed by atoms with Gasteiger partial charge in [0.05, 0.1) is 16.5 Å². The molecule has 1 aromatic heterocycles. The molecule has 2 N–H and O–H groups in total. The van der Waals surface area contributed by atoms with Gasteiger partial charge in [0, 0.05) is 11.1 Å². The quantitative estimate of drug-likeness (QED) is 0.725. The van der Waals surface area contributed by atoms with Crippen molar-refractivity contribution in [3.05, 3.63) is 16.1 Å². The highest BCUT2D eigenvalue weighted by Gasteiger charge is 2.19. The van der Waals surface area contributed by atoms with E-state index in [0.717, 1.165) is 15.6 Å². The monoisotopic (exact) mass is 318 g/mol. The highest BCUT2D eigenvalue weighted by molar-refractivity contribution is 7.99. The van der Waals surface area contributed by atoms with E-state index in [2.05, 4.69) is 4.98 Å². The number of hydrogen-bond acceptors (Lipinski definition) is 6. The van der Waals surface area contributed by atoms with Crippen LogP contribution < -0.4 is 0 Å². The number of rotatable bonds is 8. The number of aryl methyl sites for hydroxylation is 1. The van der Waals surface area contributed by atoms with Crippen LogP contribution in [0.3, 0.4) is 0 Å². The van der Waals surface area contributed by atoms with Gasteiger partial charge in [0.2, 0.25) is 5.91 Å². The summed E-state index contributed by atoms with van der Waals surface area (Å²) >= 11 is 2.79. The summed E-state index contributed by atoms with van der Waals surface area (Å²) < 4.78 is 0. The minimum Gasteiger partial charge on any atom is -0.480 e. The van der Waals surface area contributed by atoms with Crippen LogP contribution in [0.25, 0.3) is 0 Å². The molecule has 1 heterocycles. The molecule has 20 heavy (non-hydrogen) atoms. The average Bonchev–Trinajstić information content (AvgIpc) is 2.73. The number of carbonyl (C=O) groups is 3. The maximum atomic E-state index is 11.8. The second-order valence-electron chi connectivity index (χ2n) is 3.89. The Morgan fingerprint density at radius 3 is 2.35 bits per heavy atom. The number of hydrogen-bond donors (Lipinski definition) is 2. The standard InChI is InChI=1S/C11H14N2O5S2/c1-7-12-8(5-20-7)4-19-6-9(14)13(2-10(15)16)3-11(17)18/h5H,2-4,6H2,1H3,(H,15,16)(H,17,18). The number of amides is 1. The van der Waals surface area contributed by atoms with Crippen molar-refractivity contribution in [1.29, 1.82) is 0 Å². The molecule has 0 spiro atoms. The molecule has 0 atom stereocenters. The Balaban J connectivity index is 2.44. The van der Waals surface area contributed by atoms with Crippen molar-refractivity contribution in [2.24, 2.45) is 0 Å². The molecule has 9 heteroatoms. The van der Waals surface area contributed by atoms with Gasteiger partial charge < -0.3 is 15.1 Å². The first kappa shape index (κ1) is 16.4. The minimum atomic E-state index is -1.24. The summed E-state index contributed by atoms with van der Waals surface area (Å²) in [5, 5.41) is 20.1. The second kappa shape index (κ2) is 7.85. The number of thioether (sulfide) groups is 1. The number of carboxylic acids is 2. The van der Waals surface area contributed by atoms with Crippen LogP contribution in [0.2, 0.25) is 0 Å². The van der Waals surface area contributed by atoms with Gasteiger partial charge in [0.25, 0.3) is 0 Å². The zero-order valence-corrected chi connectivity index (χ0v) is 12.4. The summed E-state index contributed by atoms with van der Waals surface area (Å²) in [6.45, 7) is 0.661. The van der Waals surface area contributed by atoms with Crippen molar-refractivity contribution in [1.82, 2.24) is 9.88 Å². The molecule has 1 rings (SSSR count). The molecule has 0 fully saturated rings. The van der Waals surface area contributed by atoms with Crippen LogP contribution in [0.5, 0.6) is 0 Å². The average molecular weight is 318 g/mol. The molecule has 0 saturated heterocycles. The normalized spacial score (nSPS) is 10.2. The van der Waals surface area contributed by atoms with E-state index in [1.807, 2.05) is 12.3 Å². The van der Waals surface area contributed by atoms with E-state index < -0.39 is 30.9 Å². The molecule has 0 bridgehead atoms. The second-order valence-corrected chi connectivity index (χ2v) is 5.94. The largest absolute Gasteiger partial charge is 0.480 e. The number of carbonyl (C=O) groups excluding carboxylic acids is 1. The third kappa shape index (κ3) is 6.02. The van der Waals surface area contributed by atoms with E-state index in [0.29, 0.717) is 5.75 Å². The van der Waals surface area contributed by atoms with Gasteiger partial charge >= 0.3 is 11.9 Å². The summed E-state index contributed by atoms with van der Waals surface area (Å²) in [4.78, 5) is 38.0. The lowest BCUT2D eigenvalue weighted by Crippen LogP contribution is -2.40. The molecule has 1 aromatic rings. The molecule has 0 unspecified atom stereocenters. The first-order chi connectivity index (χ1) is 9.38. The van der Waals surface area contributed by atoms with Crippen LogP contribution >= 0.6 is 23.1 Å². The molecule has 0 aliphatic heterocycles. The first-order valence-corrected chi connectivity index (χ1v) is 7.62. The summed E-state index contributed by atoms with van der Waals surface area (Å²) in [6, 6.07) is 0. The Morgan fingerprint density at radius 2 is 1.90 bits per heavy atom. The fourth-order valence-electron chi connectivity index (χ4n) is 1.37. The topological polar surface area (TPSA) is 108 Å². The van der Waals surface area contributed by atoms with Crippen molar-refractivity contribution in [2.75, 3.05) is 18.8 Å². The van der Waals surface area contributed by atoms with Gasteiger partial charge in [-0.1, -0.05) is 0 Å². The maximum absolute atomic E-state index is 11.8. The van der Waals surface area contributed by atoms with E-state index in [9.17, 15) is 14.4 Å². The zero-order chi connectivity index (χ0) is 15.1. The van der Waals surface area contributed by atoms with E-state index in [-0.39, 0.29) is 5.75 Å². The number of aliphatic carboxylic acids is 2. The van der Waals surface area contributed by atoms with Gasteiger partial charge in [0.15, 0.2) is 0 Å². The van der Waals surface area contributed by atoms with Crippen LogP contribution in [-0.4, -0.2) is 56.8 Å². The SMILES string of the molecule is Cc1nc(CSCC(=O)N(CC(=O)O)CC(=O)O)cs1. The molecule has 7 nitrogen and oxygen atoms in total. The predicted octanol–water partition coefficient (Wildman–Crippen LogP) is 0.683. The molecular formula is C11H14N2O5S2. The van der Waals surface area contributed by atoms with Crippen molar-refractivity contribution in [3.63, 3.8) is 0 Å². The van der Waals surface area contributed by atoms with Crippen molar-refractivity contribution < 1.29 is 24.6 Å². The highest BCUT2D eigenvalue weighted by atomic mass is 32.2. The van der Waals surface area contributed by atoms with Crippen molar-refractivity contribution >= 4 is 40.9 Å². The Labute approximate surface area is 123 Å². The fraction of sp³-hybridized carbons (Fsp3) is 0.455. The van der Waals surface area contributed by atoms with E-state index in [4.69, 9.17) is 10.2 Å². The van der Waals surface area contributed by atoms with E-state index >= 15 is 0 Å². The third-order valence-corrected chi connectivity index (χ3v) is 3.92. The first-order valence-electron chi connectivity index (χ1n) is 5.58. The summed E-state index contributed by atoms with van der Waals surface area (Å²) in [6.07, 6.45) is 0. The van der Waals surface area contributed by atoms with Crippen molar-refractivity contribution in [2.45, 2.75) is 12.7 Å². The van der Waals surface area contributed by atoms with Crippen LogP contribution in [0.15, 0.2) is 5.38 Å². The van der Waals surface area contributed by atoms with Gasteiger partial charge in [-0.05, 0) is 6.92 Å². The Hall–Kier alpha value is -1.61. The molecule has 0 aliphatic rings. The molecule has 0 aromatic carbocycles. The lowest BCUT2D eigenvalue weighted by molar-refractivity contribution is -0.148. The summed E-state index contributed by atoms with van der Waals surface area (Å²) in [5.74, 6) is -2.42. The number of carboxylic acid groups (broad SMARTS) is 2. The summed E-state index contributed by atoms with van der Waals surface area (Å²) in [5.41, 5.74) is 0.855. The van der Waals surface area contributed by atoms with E-state index in [1.165, 1.54) is 23.1 Å². The number of nitrogens with zero attached hydrogens (tertiary/aromatic N) is 2. The molecule has 0 radical (unpaired) electrons. The van der Waals surface area contributed by atoms with Gasteiger partial charge in [-0.15, -0.1) is 23.1 Å².